The molecular weight excluding hydrogens is 322 g/mol. The van der Waals surface area contributed by atoms with Gasteiger partial charge in [-0.1, -0.05) is 6.07 Å². The molecule has 1 unspecified atom stereocenters. The first kappa shape index (κ1) is 16.5. The van der Waals surface area contributed by atoms with Crippen LogP contribution in [0.5, 0.6) is 0 Å². The molecule has 0 aliphatic heterocycles. The minimum absolute atomic E-state index is 0.435. The molecule has 0 saturated heterocycles. The van der Waals surface area contributed by atoms with Crippen molar-refractivity contribution in [3.8, 4) is 23.3 Å². The molecule has 26 heavy (non-hydrogen) atoms. The Bertz CT molecular complexity index is 955. The number of aromatic nitrogens is 4. The molecule has 0 N–H and O–H groups in total. The quantitative estimate of drug-likeness (QED) is 0.714. The van der Waals surface area contributed by atoms with Crippen molar-refractivity contribution in [2.75, 3.05) is 0 Å². The minimum atomic E-state index is -0.435. The van der Waals surface area contributed by atoms with Crippen LogP contribution in [0.15, 0.2) is 42.9 Å². The fraction of sp³-hybridized carbons (Fsp3) is 0.333. The molecule has 1 fully saturated rings. The van der Waals surface area contributed by atoms with Crippen LogP contribution in [0.3, 0.4) is 0 Å². The third-order valence-electron chi connectivity index (χ3n) is 5.39. The van der Waals surface area contributed by atoms with Crippen LogP contribution in [0.2, 0.25) is 0 Å². The predicted octanol–water partition coefficient (Wildman–Crippen LogP) is 4.14. The monoisotopic (exact) mass is 343 g/mol. The molecule has 5 nitrogen and oxygen atoms in total. The standard InChI is InChI=1S/C21H21N5/c1-14-4-5-15(2)26(14)20-24-10-16(11-25-20)19-9-8-18(12-23-19)21(3,13-22)17-6-7-17/h4-5,8-12,17H,6-7H2,1-3H3. The van der Waals surface area contributed by atoms with E-state index in [9.17, 15) is 5.26 Å². The highest BCUT2D eigenvalue weighted by atomic mass is 15.2. The summed E-state index contributed by atoms with van der Waals surface area (Å²) in [7, 11) is 0. The van der Waals surface area contributed by atoms with Crippen molar-refractivity contribution >= 4 is 0 Å². The molecule has 3 heterocycles. The second-order valence-electron chi connectivity index (χ2n) is 7.24. The second kappa shape index (κ2) is 6.06. The lowest BCUT2D eigenvalue weighted by atomic mass is 9.80. The van der Waals surface area contributed by atoms with E-state index in [2.05, 4.69) is 33.2 Å². The zero-order valence-corrected chi connectivity index (χ0v) is 15.3. The van der Waals surface area contributed by atoms with E-state index in [1.165, 1.54) is 0 Å². The molecule has 3 aromatic rings. The Labute approximate surface area is 153 Å². The summed E-state index contributed by atoms with van der Waals surface area (Å²) in [6, 6.07) is 10.6. The van der Waals surface area contributed by atoms with Crippen LogP contribution in [-0.4, -0.2) is 19.5 Å². The highest BCUT2D eigenvalue weighted by molar-refractivity contribution is 5.57. The van der Waals surface area contributed by atoms with Crippen LogP contribution < -0.4 is 0 Å². The van der Waals surface area contributed by atoms with E-state index in [0.717, 1.165) is 41.1 Å². The molecule has 3 aromatic heterocycles. The predicted molar refractivity (Wildman–Crippen MR) is 99.8 cm³/mol. The number of rotatable bonds is 4. The van der Waals surface area contributed by atoms with Crippen molar-refractivity contribution in [1.29, 1.82) is 5.26 Å². The smallest absolute Gasteiger partial charge is 0.234 e. The van der Waals surface area contributed by atoms with Gasteiger partial charge in [0.25, 0.3) is 0 Å². The summed E-state index contributed by atoms with van der Waals surface area (Å²) >= 11 is 0. The van der Waals surface area contributed by atoms with Gasteiger partial charge in [-0.05, 0) is 63.3 Å². The van der Waals surface area contributed by atoms with E-state index in [1.54, 1.807) is 12.4 Å². The molecule has 1 saturated carbocycles. The van der Waals surface area contributed by atoms with Gasteiger partial charge in [0.1, 0.15) is 0 Å². The van der Waals surface area contributed by atoms with E-state index in [4.69, 9.17) is 0 Å². The van der Waals surface area contributed by atoms with E-state index >= 15 is 0 Å². The topological polar surface area (TPSA) is 67.4 Å². The Morgan fingerprint density at radius 3 is 2.15 bits per heavy atom. The van der Waals surface area contributed by atoms with Crippen molar-refractivity contribution in [2.45, 2.75) is 39.0 Å². The first-order valence-corrected chi connectivity index (χ1v) is 8.88. The van der Waals surface area contributed by atoms with Gasteiger partial charge in [-0.15, -0.1) is 0 Å². The molecule has 0 radical (unpaired) electrons. The lowest BCUT2D eigenvalue weighted by Crippen LogP contribution is -2.22. The fourth-order valence-corrected chi connectivity index (χ4v) is 3.48. The van der Waals surface area contributed by atoms with Crippen LogP contribution in [0.1, 0.15) is 36.7 Å². The number of pyridine rings is 1. The molecule has 5 heteroatoms. The lowest BCUT2D eigenvalue weighted by Gasteiger charge is -2.21. The van der Waals surface area contributed by atoms with Gasteiger partial charge in [0.15, 0.2) is 0 Å². The van der Waals surface area contributed by atoms with Gasteiger partial charge in [0.05, 0.1) is 17.2 Å². The summed E-state index contributed by atoms with van der Waals surface area (Å²) in [5, 5.41) is 9.60. The van der Waals surface area contributed by atoms with Gasteiger partial charge < -0.3 is 0 Å². The van der Waals surface area contributed by atoms with Crippen molar-refractivity contribution in [1.82, 2.24) is 19.5 Å². The molecule has 0 spiro atoms. The van der Waals surface area contributed by atoms with Gasteiger partial charge in [0, 0.05) is 35.5 Å². The third kappa shape index (κ3) is 2.68. The summed E-state index contributed by atoms with van der Waals surface area (Å²) in [6.07, 6.45) is 7.67. The summed E-state index contributed by atoms with van der Waals surface area (Å²) in [5.74, 6) is 1.12. The van der Waals surface area contributed by atoms with Crippen molar-refractivity contribution in [2.24, 2.45) is 5.92 Å². The Morgan fingerprint density at radius 1 is 1.00 bits per heavy atom. The molecule has 4 rings (SSSR count). The largest absolute Gasteiger partial charge is 0.287 e. The van der Waals surface area contributed by atoms with Gasteiger partial charge >= 0.3 is 0 Å². The normalized spacial score (nSPS) is 16.1. The number of hydrogen-bond donors (Lipinski definition) is 0. The maximum atomic E-state index is 9.60. The van der Waals surface area contributed by atoms with Gasteiger partial charge in [-0.3, -0.25) is 9.55 Å². The summed E-state index contributed by atoms with van der Waals surface area (Å²) in [4.78, 5) is 13.6. The summed E-state index contributed by atoms with van der Waals surface area (Å²) in [5.41, 5.74) is 4.45. The van der Waals surface area contributed by atoms with E-state index in [0.29, 0.717) is 11.9 Å². The second-order valence-corrected chi connectivity index (χ2v) is 7.24. The summed E-state index contributed by atoms with van der Waals surface area (Å²) < 4.78 is 2.02. The Morgan fingerprint density at radius 2 is 1.65 bits per heavy atom. The van der Waals surface area contributed by atoms with Crippen LogP contribution in [0.4, 0.5) is 0 Å². The Balaban J connectivity index is 1.61. The van der Waals surface area contributed by atoms with E-state index < -0.39 is 5.41 Å². The zero-order valence-electron chi connectivity index (χ0n) is 15.3. The highest BCUT2D eigenvalue weighted by Gasteiger charge is 2.43. The first-order chi connectivity index (χ1) is 12.5. The zero-order chi connectivity index (χ0) is 18.3. The number of hydrogen-bond acceptors (Lipinski definition) is 4. The van der Waals surface area contributed by atoms with Gasteiger partial charge in [0.2, 0.25) is 5.95 Å². The maximum Gasteiger partial charge on any atom is 0.234 e. The molecule has 130 valence electrons. The lowest BCUT2D eigenvalue weighted by molar-refractivity contribution is 0.527. The van der Waals surface area contributed by atoms with Crippen molar-refractivity contribution in [3.63, 3.8) is 0 Å². The fourth-order valence-electron chi connectivity index (χ4n) is 3.48. The maximum absolute atomic E-state index is 9.60. The van der Waals surface area contributed by atoms with Crippen molar-refractivity contribution < 1.29 is 0 Å². The van der Waals surface area contributed by atoms with E-state index in [1.807, 2.05) is 43.7 Å². The van der Waals surface area contributed by atoms with Crippen LogP contribution in [0, 0.1) is 31.1 Å². The van der Waals surface area contributed by atoms with Crippen LogP contribution >= 0.6 is 0 Å². The average Bonchev–Trinajstić information content (AvgIpc) is 3.47. The molecule has 0 bridgehead atoms. The van der Waals surface area contributed by atoms with Gasteiger partial charge in [-0.25, -0.2) is 9.97 Å². The highest BCUT2D eigenvalue weighted by Crippen LogP contribution is 2.46. The number of aryl methyl sites for hydroxylation is 2. The van der Waals surface area contributed by atoms with Crippen LogP contribution in [-0.2, 0) is 5.41 Å². The molecule has 1 aliphatic rings. The molecule has 1 atom stereocenters. The van der Waals surface area contributed by atoms with Gasteiger partial charge in [-0.2, -0.15) is 5.26 Å². The number of nitrogens with zero attached hydrogens (tertiary/aromatic N) is 5. The summed E-state index contributed by atoms with van der Waals surface area (Å²) in [6.45, 7) is 6.09. The van der Waals surface area contributed by atoms with Crippen LogP contribution in [0.25, 0.3) is 17.2 Å². The minimum Gasteiger partial charge on any atom is -0.287 e. The number of nitriles is 1. The average molecular weight is 343 g/mol. The van der Waals surface area contributed by atoms with Crippen molar-refractivity contribution in [3.05, 3.63) is 59.8 Å². The third-order valence-corrected chi connectivity index (χ3v) is 5.39. The molecule has 1 aliphatic carbocycles. The van der Waals surface area contributed by atoms with E-state index in [-0.39, 0.29) is 0 Å². The molecule has 0 aromatic carbocycles. The SMILES string of the molecule is Cc1ccc(C)n1-c1ncc(-c2ccc(C(C)(C#N)C3CC3)cn2)cn1. The molecule has 0 amide bonds. The molecular formula is C21H21N5. The first-order valence-electron chi connectivity index (χ1n) is 8.88. The Hall–Kier alpha value is -3.00. The Kier molecular flexibility index (Phi) is 3.84.